The minimum atomic E-state index is -0.00899. The Morgan fingerprint density at radius 1 is 1.19 bits per heavy atom. The van der Waals surface area contributed by atoms with Gasteiger partial charge in [0.15, 0.2) is 0 Å². The summed E-state index contributed by atoms with van der Waals surface area (Å²) in [6.07, 6.45) is 1.99. The lowest BCUT2D eigenvalue weighted by molar-refractivity contribution is 0.213. The lowest BCUT2D eigenvalue weighted by atomic mass is 10.4. The van der Waals surface area contributed by atoms with Gasteiger partial charge in [0.2, 0.25) is 5.95 Å². The van der Waals surface area contributed by atoms with Crippen molar-refractivity contribution in [3.05, 3.63) is 0 Å². The monoisotopic (exact) mass is 226 g/mol. The van der Waals surface area contributed by atoms with Crippen LogP contribution in [0.15, 0.2) is 0 Å². The fraction of sp³-hybridized carbons (Fsp3) is 0.700. The fourth-order valence-corrected chi connectivity index (χ4v) is 0.989. The van der Waals surface area contributed by atoms with E-state index in [0.717, 1.165) is 12.8 Å². The Bertz CT molecular complexity index is 331. The van der Waals surface area contributed by atoms with Crippen LogP contribution < -0.4 is 15.2 Å². The second-order valence-corrected chi connectivity index (χ2v) is 3.63. The number of rotatable bonds is 6. The largest absolute Gasteiger partial charge is 0.463 e. The zero-order valence-electron chi connectivity index (χ0n) is 9.93. The van der Waals surface area contributed by atoms with Crippen molar-refractivity contribution in [1.82, 2.24) is 15.0 Å². The van der Waals surface area contributed by atoms with Gasteiger partial charge < -0.3 is 15.2 Å². The van der Waals surface area contributed by atoms with Crippen LogP contribution in [0.1, 0.15) is 33.6 Å². The molecule has 1 rings (SSSR count). The van der Waals surface area contributed by atoms with Crippen LogP contribution in [-0.2, 0) is 0 Å². The third-order valence-corrected chi connectivity index (χ3v) is 1.68. The predicted octanol–water partition coefficient (Wildman–Crippen LogP) is 1.42. The van der Waals surface area contributed by atoms with E-state index in [4.69, 9.17) is 15.2 Å². The minimum absolute atomic E-state index is 0.00899. The lowest BCUT2D eigenvalue weighted by Gasteiger charge is -2.09. The number of nitrogens with two attached hydrogens (primary N) is 1. The number of unbranched alkanes of at least 4 members (excludes halogenated alkanes) is 1. The van der Waals surface area contributed by atoms with E-state index in [1.54, 1.807) is 0 Å². The zero-order chi connectivity index (χ0) is 12.0. The van der Waals surface area contributed by atoms with Crippen molar-refractivity contribution in [1.29, 1.82) is 0 Å². The number of ether oxygens (including phenoxy) is 2. The number of nitrogen functional groups attached to an aromatic ring is 1. The SMILES string of the molecule is CCCCOc1nc(N)nc(OC(C)C)n1. The molecular formula is C10H18N4O2. The molecule has 0 aliphatic carbocycles. The van der Waals surface area contributed by atoms with Crippen LogP contribution in [0.2, 0.25) is 0 Å². The third-order valence-electron chi connectivity index (χ3n) is 1.68. The molecule has 0 aliphatic heterocycles. The molecule has 2 N–H and O–H groups in total. The number of hydrogen-bond donors (Lipinski definition) is 1. The molecule has 0 amide bonds. The average molecular weight is 226 g/mol. The van der Waals surface area contributed by atoms with Crippen LogP contribution in [0.5, 0.6) is 12.0 Å². The van der Waals surface area contributed by atoms with E-state index >= 15 is 0 Å². The molecule has 0 radical (unpaired) electrons. The smallest absolute Gasteiger partial charge is 0.324 e. The number of hydrogen-bond acceptors (Lipinski definition) is 6. The second kappa shape index (κ2) is 6.09. The van der Waals surface area contributed by atoms with Crippen molar-refractivity contribution in [3.63, 3.8) is 0 Å². The van der Waals surface area contributed by atoms with Gasteiger partial charge in [0, 0.05) is 0 Å². The van der Waals surface area contributed by atoms with Crippen LogP contribution in [0.4, 0.5) is 5.95 Å². The van der Waals surface area contributed by atoms with Crippen LogP contribution >= 0.6 is 0 Å². The van der Waals surface area contributed by atoms with Crippen molar-refractivity contribution in [2.24, 2.45) is 0 Å². The quantitative estimate of drug-likeness (QED) is 0.738. The van der Waals surface area contributed by atoms with Crippen LogP contribution in [-0.4, -0.2) is 27.7 Å². The molecule has 1 aromatic heterocycles. The summed E-state index contributed by atoms with van der Waals surface area (Å²) in [5, 5.41) is 0. The highest BCUT2D eigenvalue weighted by Crippen LogP contribution is 2.12. The second-order valence-electron chi connectivity index (χ2n) is 3.63. The van der Waals surface area contributed by atoms with E-state index in [2.05, 4.69) is 21.9 Å². The Morgan fingerprint density at radius 3 is 2.50 bits per heavy atom. The summed E-state index contributed by atoms with van der Waals surface area (Å²) in [5.74, 6) is 0.108. The molecule has 0 saturated carbocycles. The summed E-state index contributed by atoms with van der Waals surface area (Å²) >= 11 is 0. The third kappa shape index (κ3) is 4.29. The molecule has 0 unspecified atom stereocenters. The Kier molecular flexibility index (Phi) is 4.75. The molecule has 16 heavy (non-hydrogen) atoms. The summed E-state index contributed by atoms with van der Waals surface area (Å²) in [7, 11) is 0. The lowest BCUT2D eigenvalue weighted by Crippen LogP contribution is -2.12. The number of anilines is 1. The van der Waals surface area contributed by atoms with Gasteiger partial charge in [0.25, 0.3) is 0 Å². The van der Waals surface area contributed by atoms with Gasteiger partial charge >= 0.3 is 12.0 Å². The Labute approximate surface area is 95.2 Å². The van der Waals surface area contributed by atoms with Crippen LogP contribution in [0.3, 0.4) is 0 Å². The van der Waals surface area contributed by atoms with E-state index < -0.39 is 0 Å². The van der Waals surface area contributed by atoms with Gasteiger partial charge in [-0.3, -0.25) is 0 Å². The van der Waals surface area contributed by atoms with Gasteiger partial charge in [0.1, 0.15) is 0 Å². The number of nitrogens with zero attached hydrogens (tertiary/aromatic N) is 3. The summed E-state index contributed by atoms with van der Waals surface area (Å²) in [6, 6.07) is 0.422. The standard InChI is InChI=1S/C10H18N4O2/c1-4-5-6-15-9-12-8(11)13-10(14-9)16-7(2)3/h7H,4-6H2,1-3H3,(H2,11,12,13,14). The van der Waals surface area contributed by atoms with Gasteiger partial charge in [-0.05, 0) is 20.3 Å². The molecule has 0 aromatic carbocycles. The summed E-state index contributed by atoms with van der Waals surface area (Å²) in [5.41, 5.74) is 5.52. The van der Waals surface area contributed by atoms with E-state index in [1.165, 1.54) is 0 Å². The molecule has 0 saturated heterocycles. The van der Waals surface area contributed by atoms with Crippen molar-refractivity contribution in [2.75, 3.05) is 12.3 Å². The molecule has 0 aliphatic rings. The first-order chi connectivity index (χ1) is 7.61. The summed E-state index contributed by atoms with van der Waals surface area (Å²) < 4.78 is 10.6. The van der Waals surface area contributed by atoms with Crippen LogP contribution in [0, 0.1) is 0 Å². The highest BCUT2D eigenvalue weighted by Gasteiger charge is 2.07. The Hall–Kier alpha value is -1.59. The molecule has 0 bridgehead atoms. The zero-order valence-corrected chi connectivity index (χ0v) is 9.93. The van der Waals surface area contributed by atoms with Crippen molar-refractivity contribution in [3.8, 4) is 12.0 Å². The molecule has 6 heteroatoms. The maximum Gasteiger partial charge on any atom is 0.324 e. The summed E-state index contributed by atoms with van der Waals surface area (Å²) in [4.78, 5) is 11.7. The Balaban J connectivity index is 2.65. The molecular weight excluding hydrogens is 208 g/mol. The first-order valence-electron chi connectivity index (χ1n) is 5.42. The van der Waals surface area contributed by atoms with Gasteiger partial charge in [-0.25, -0.2) is 0 Å². The molecule has 1 aromatic rings. The maximum atomic E-state index is 5.52. The average Bonchev–Trinajstić information content (AvgIpc) is 2.16. The van der Waals surface area contributed by atoms with E-state index in [1.807, 2.05) is 13.8 Å². The number of aromatic nitrogens is 3. The fourth-order valence-electron chi connectivity index (χ4n) is 0.989. The molecule has 6 nitrogen and oxygen atoms in total. The molecule has 1 heterocycles. The van der Waals surface area contributed by atoms with E-state index in [9.17, 15) is 0 Å². The maximum absolute atomic E-state index is 5.52. The van der Waals surface area contributed by atoms with Gasteiger partial charge in [-0.15, -0.1) is 4.98 Å². The van der Waals surface area contributed by atoms with Gasteiger partial charge in [-0.2, -0.15) is 9.97 Å². The normalized spacial score (nSPS) is 10.5. The molecule has 0 spiro atoms. The van der Waals surface area contributed by atoms with E-state index in [-0.39, 0.29) is 24.1 Å². The first-order valence-corrected chi connectivity index (χ1v) is 5.42. The van der Waals surface area contributed by atoms with Crippen molar-refractivity contribution >= 4 is 5.95 Å². The highest BCUT2D eigenvalue weighted by molar-refractivity contribution is 5.20. The topological polar surface area (TPSA) is 83.2 Å². The van der Waals surface area contributed by atoms with Crippen molar-refractivity contribution < 1.29 is 9.47 Å². The predicted molar refractivity (Wildman–Crippen MR) is 60.4 cm³/mol. The van der Waals surface area contributed by atoms with E-state index in [0.29, 0.717) is 6.61 Å². The van der Waals surface area contributed by atoms with Crippen LogP contribution in [0.25, 0.3) is 0 Å². The van der Waals surface area contributed by atoms with Gasteiger partial charge in [-0.1, -0.05) is 13.3 Å². The van der Waals surface area contributed by atoms with Crippen molar-refractivity contribution in [2.45, 2.75) is 39.7 Å². The molecule has 90 valence electrons. The molecule has 0 atom stereocenters. The highest BCUT2D eigenvalue weighted by atomic mass is 16.5. The minimum Gasteiger partial charge on any atom is -0.463 e. The Morgan fingerprint density at radius 2 is 1.88 bits per heavy atom. The summed E-state index contributed by atoms with van der Waals surface area (Å²) in [6.45, 7) is 6.43. The van der Waals surface area contributed by atoms with Gasteiger partial charge in [0.05, 0.1) is 12.7 Å². The molecule has 0 fully saturated rings. The first kappa shape index (κ1) is 12.5.